The Hall–Kier alpha value is -1.47. The Bertz CT molecular complexity index is 985. The Morgan fingerprint density at radius 1 is 1.03 bits per heavy atom. The molecule has 0 aromatic carbocycles. The molecule has 4 aliphatic carbocycles. The van der Waals surface area contributed by atoms with Gasteiger partial charge in [0.2, 0.25) is 0 Å². The standard InChI is InChI=1S/C31H46O7/c1-17-9-12-31(36-16-17)18(2)28-24(38-31)14-23-21-6-5-19-13-20(37-27(35)8-7-26(33)34)10-11-29(19,3)22(21)15-25(32)30(23,28)4/h17-24,28H,5-16H2,1-4H3,(H,33,34). The minimum Gasteiger partial charge on any atom is -0.481 e. The Kier molecular flexibility index (Phi) is 6.54. The number of hydrogen-bond acceptors (Lipinski definition) is 6. The molecule has 38 heavy (non-hydrogen) atoms. The Balaban J connectivity index is 1.17. The van der Waals surface area contributed by atoms with E-state index < -0.39 is 17.7 Å². The van der Waals surface area contributed by atoms with E-state index in [1.807, 2.05) is 0 Å². The summed E-state index contributed by atoms with van der Waals surface area (Å²) >= 11 is 0. The van der Waals surface area contributed by atoms with Crippen LogP contribution in [0.5, 0.6) is 0 Å². The molecule has 6 fully saturated rings. The number of carboxylic acid groups (broad SMARTS) is 1. The molecule has 2 saturated heterocycles. The molecule has 12 atom stereocenters. The number of carbonyl (C=O) groups excluding carboxylic acids is 2. The van der Waals surface area contributed by atoms with E-state index in [-0.39, 0.29) is 47.7 Å². The molecule has 1 N–H and O–H groups in total. The van der Waals surface area contributed by atoms with Crippen LogP contribution in [0.4, 0.5) is 0 Å². The zero-order valence-corrected chi connectivity index (χ0v) is 23.6. The smallest absolute Gasteiger partial charge is 0.306 e. The quantitative estimate of drug-likeness (QED) is 0.487. The summed E-state index contributed by atoms with van der Waals surface area (Å²) in [6.45, 7) is 9.94. The lowest BCUT2D eigenvalue weighted by Crippen LogP contribution is -2.58. The third-order valence-electron chi connectivity index (χ3n) is 12.6. The van der Waals surface area contributed by atoms with Crippen molar-refractivity contribution in [1.82, 2.24) is 0 Å². The van der Waals surface area contributed by atoms with E-state index in [0.29, 0.717) is 41.8 Å². The molecule has 1 spiro atoms. The third kappa shape index (κ3) is 3.92. The second kappa shape index (κ2) is 9.29. The van der Waals surface area contributed by atoms with Crippen LogP contribution in [0, 0.1) is 52.3 Å². The van der Waals surface area contributed by atoms with Crippen molar-refractivity contribution in [3.8, 4) is 0 Å². The molecular weight excluding hydrogens is 484 g/mol. The van der Waals surface area contributed by atoms with Crippen LogP contribution in [0.15, 0.2) is 0 Å². The van der Waals surface area contributed by atoms with Gasteiger partial charge in [-0.05, 0) is 80.0 Å². The van der Waals surface area contributed by atoms with Crippen molar-refractivity contribution >= 4 is 17.7 Å². The number of hydrogen-bond donors (Lipinski definition) is 1. The molecule has 6 rings (SSSR count). The van der Waals surface area contributed by atoms with Gasteiger partial charge in [-0.3, -0.25) is 14.4 Å². The summed E-state index contributed by atoms with van der Waals surface area (Å²) in [7, 11) is 0. The highest BCUT2D eigenvalue weighted by Gasteiger charge is 2.71. The molecule has 212 valence electrons. The first kappa shape index (κ1) is 26.7. The van der Waals surface area contributed by atoms with Crippen molar-refractivity contribution in [3.63, 3.8) is 0 Å². The average molecular weight is 531 g/mol. The van der Waals surface area contributed by atoms with Gasteiger partial charge in [0.1, 0.15) is 11.9 Å². The number of ether oxygens (including phenoxy) is 3. The number of rotatable bonds is 4. The molecule has 7 heteroatoms. The minimum absolute atomic E-state index is 0.0680. The van der Waals surface area contributed by atoms with Crippen molar-refractivity contribution in [3.05, 3.63) is 0 Å². The van der Waals surface area contributed by atoms with Gasteiger partial charge in [0, 0.05) is 30.1 Å². The minimum atomic E-state index is -0.975. The summed E-state index contributed by atoms with van der Waals surface area (Å²) < 4.78 is 18.9. The van der Waals surface area contributed by atoms with Gasteiger partial charge in [-0.15, -0.1) is 0 Å². The van der Waals surface area contributed by atoms with E-state index in [0.717, 1.165) is 58.0 Å². The predicted molar refractivity (Wildman–Crippen MR) is 139 cm³/mol. The highest BCUT2D eigenvalue weighted by Crippen LogP contribution is 2.70. The Labute approximate surface area is 226 Å². The van der Waals surface area contributed by atoms with E-state index >= 15 is 0 Å². The molecule has 12 unspecified atom stereocenters. The SMILES string of the molecule is CC1CCC2(OC1)OC1CC3C4CCC5CC(OC(=O)CCC(=O)O)CCC5(C)C4CC(=O)C3(C)C1C2C. The van der Waals surface area contributed by atoms with Crippen molar-refractivity contribution < 1.29 is 33.7 Å². The van der Waals surface area contributed by atoms with E-state index in [4.69, 9.17) is 19.3 Å². The number of carboxylic acids is 1. The fourth-order valence-electron chi connectivity index (χ4n) is 10.5. The van der Waals surface area contributed by atoms with Crippen molar-refractivity contribution in [2.45, 2.75) is 116 Å². The molecule has 2 aliphatic heterocycles. The van der Waals surface area contributed by atoms with Gasteiger partial charge < -0.3 is 19.3 Å². The fraction of sp³-hybridized carbons (Fsp3) is 0.903. The summed E-state index contributed by atoms with van der Waals surface area (Å²) in [6, 6.07) is 0. The molecule has 0 bridgehead atoms. The molecule has 0 aromatic heterocycles. The van der Waals surface area contributed by atoms with Gasteiger partial charge in [-0.2, -0.15) is 0 Å². The predicted octanol–water partition coefficient (Wildman–Crippen LogP) is 5.39. The summed E-state index contributed by atoms with van der Waals surface area (Å²) in [5.41, 5.74) is -0.251. The molecule has 0 aromatic rings. The molecule has 0 radical (unpaired) electrons. The summed E-state index contributed by atoms with van der Waals surface area (Å²) in [5.74, 6) is 1.32. The molecule has 6 aliphatic rings. The second-order valence-corrected chi connectivity index (χ2v) is 14.3. The largest absolute Gasteiger partial charge is 0.481 e. The normalized spacial score (nSPS) is 51.6. The molecule has 0 amide bonds. The molecule has 4 saturated carbocycles. The maximum absolute atomic E-state index is 14.2. The number of Topliss-reactive ketones (excluding diaryl/α,β-unsaturated/α-hetero) is 1. The van der Waals surface area contributed by atoms with Crippen molar-refractivity contribution in [2.24, 2.45) is 52.3 Å². The third-order valence-corrected chi connectivity index (χ3v) is 12.6. The zero-order valence-electron chi connectivity index (χ0n) is 23.6. The second-order valence-electron chi connectivity index (χ2n) is 14.3. The van der Waals surface area contributed by atoms with Crippen LogP contribution in [0.1, 0.15) is 98.3 Å². The lowest BCUT2D eigenvalue weighted by molar-refractivity contribution is -0.272. The number of aliphatic carboxylic acids is 1. The number of fused-ring (bicyclic) bond motifs is 7. The number of carbonyl (C=O) groups is 3. The first-order valence-electron chi connectivity index (χ1n) is 15.2. The van der Waals surface area contributed by atoms with Crippen molar-refractivity contribution in [1.29, 1.82) is 0 Å². The van der Waals surface area contributed by atoms with Gasteiger partial charge in [0.15, 0.2) is 5.79 Å². The van der Waals surface area contributed by atoms with Crippen LogP contribution in [-0.4, -0.2) is 47.4 Å². The van der Waals surface area contributed by atoms with Crippen LogP contribution in [0.2, 0.25) is 0 Å². The van der Waals surface area contributed by atoms with Gasteiger partial charge in [0.25, 0.3) is 0 Å². The molecule has 7 nitrogen and oxygen atoms in total. The zero-order chi connectivity index (χ0) is 27.0. The topological polar surface area (TPSA) is 99.1 Å². The lowest BCUT2D eigenvalue weighted by atomic mass is 9.44. The van der Waals surface area contributed by atoms with Gasteiger partial charge in [0.05, 0.1) is 25.6 Å². The van der Waals surface area contributed by atoms with E-state index in [9.17, 15) is 14.4 Å². The average Bonchev–Trinajstić information content (AvgIpc) is 3.32. The summed E-state index contributed by atoms with van der Waals surface area (Å²) in [4.78, 5) is 37.2. The van der Waals surface area contributed by atoms with E-state index in [1.54, 1.807) is 0 Å². The van der Waals surface area contributed by atoms with Gasteiger partial charge in [-0.1, -0.05) is 27.7 Å². The maximum Gasteiger partial charge on any atom is 0.306 e. The van der Waals surface area contributed by atoms with E-state index in [2.05, 4.69) is 27.7 Å². The lowest BCUT2D eigenvalue weighted by Gasteiger charge is -2.60. The molecule has 2 heterocycles. The highest BCUT2D eigenvalue weighted by molar-refractivity contribution is 5.87. The number of ketones is 1. The summed E-state index contributed by atoms with van der Waals surface area (Å²) in [6.07, 6.45) is 8.25. The molecular formula is C31H46O7. The van der Waals surface area contributed by atoms with Crippen LogP contribution in [-0.2, 0) is 28.6 Å². The maximum atomic E-state index is 14.2. The van der Waals surface area contributed by atoms with Crippen LogP contribution >= 0.6 is 0 Å². The fourth-order valence-corrected chi connectivity index (χ4v) is 10.5. The summed E-state index contributed by atoms with van der Waals surface area (Å²) in [5, 5.41) is 8.86. The highest BCUT2D eigenvalue weighted by atomic mass is 16.7. The monoisotopic (exact) mass is 530 g/mol. The van der Waals surface area contributed by atoms with Crippen molar-refractivity contribution in [2.75, 3.05) is 6.61 Å². The Morgan fingerprint density at radius 2 is 1.82 bits per heavy atom. The number of esters is 1. The van der Waals surface area contributed by atoms with Crippen LogP contribution < -0.4 is 0 Å². The first-order valence-corrected chi connectivity index (χ1v) is 15.2. The Morgan fingerprint density at radius 3 is 2.53 bits per heavy atom. The van der Waals surface area contributed by atoms with Gasteiger partial charge in [-0.25, -0.2) is 0 Å². The first-order chi connectivity index (χ1) is 18.0. The van der Waals surface area contributed by atoms with E-state index in [1.165, 1.54) is 0 Å². The van der Waals surface area contributed by atoms with Crippen LogP contribution in [0.25, 0.3) is 0 Å². The van der Waals surface area contributed by atoms with Gasteiger partial charge >= 0.3 is 11.9 Å². The van der Waals surface area contributed by atoms with Crippen LogP contribution in [0.3, 0.4) is 0 Å².